The molecule has 2 rings (SSSR count). The minimum Gasteiger partial charge on any atom is -0.489 e. The van der Waals surface area contributed by atoms with Gasteiger partial charge in [0.25, 0.3) is 0 Å². The number of hydrogen-bond donors (Lipinski definition) is 3. The molecule has 0 fully saturated rings. The van der Waals surface area contributed by atoms with E-state index in [2.05, 4.69) is 10.6 Å². The maximum Gasteiger partial charge on any atom is 0.408 e. The molecule has 2 aromatic carbocycles. The van der Waals surface area contributed by atoms with E-state index >= 15 is 0 Å². The van der Waals surface area contributed by atoms with Crippen molar-refractivity contribution >= 4 is 28.7 Å². The molecule has 0 saturated heterocycles. The number of amidine groups is 1. The number of amides is 1. The van der Waals surface area contributed by atoms with E-state index < -0.39 is 17.2 Å². The van der Waals surface area contributed by atoms with Gasteiger partial charge >= 0.3 is 6.09 Å². The Bertz CT molecular complexity index is 893. The second-order valence-corrected chi connectivity index (χ2v) is 9.90. The van der Waals surface area contributed by atoms with Crippen molar-refractivity contribution in [1.29, 1.82) is 5.41 Å². The van der Waals surface area contributed by atoms with Crippen LogP contribution in [0.1, 0.15) is 52.7 Å². The quantitative estimate of drug-likeness (QED) is 0.354. The zero-order valence-electron chi connectivity index (χ0n) is 19.2. The first-order valence-corrected chi connectivity index (χ1v) is 11.3. The molecule has 0 spiro atoms. The van der Waals surface area contributed by atoms with Crippen LogP contribution in [0.15, 0.2) is 48.5 Å². The molecule has 0 atom stereocenters. The molecular formula is C24H33N3O3S. The highest BCUT2D eigenvalue weighted by Gasteiger charge is 2.29. The number of carbonyl (C=O) groups excluding carboxylic acids is 1. The first-order chi connectivity index (χ1) is 14.5. The van der Waals surface area contributed by atoms with Crippen LogP contribution in [0.2, 0.25) is 0 Å². The van der Waals surface area contributed by atoms with Crippen molar-refractivity contribution in [2.45, 2.75) is 59.3 Å². The van der Waals surface area contributed by atoms with Crippen molar-refractivity contribution in [3.8, 4) is 5.75 Å². The Labute approximate surface area is 189 Å². The molecule has 0 aromatic heterocycles. The Balaban J connectivity index is 2.31. The average molecular weight is 444 g/mol. The van der Waals surface area contributed by atoms with E-state index in [1.54, 1.807) is 0 Å². The third-order valence-corrected chi connectivity index (χ3v) is 4.93. The van der Waals surface area contributed by atoms with E-state index in [0.29, 0.717) is 17.5 Å². The summed E-state index contributed by atoms with van der Waals surface area (Å²) in [5.41, 5.74) is 1.23. The summed E-state index contributed by atoms with van der Waals surface area (Å²) in [6.07, 6.45) is -0.501. The van der Waals surface area contributed by atoms with Gasteiger partial charge in [0.05, 0.1) is 5.54 Å². The molecule has 3 N–H and O–H groups in total. The number of thioether (sulfide) groups is 1. The lowest BCUT2D eigenvalue weighted by Gasteiger charge is -2.31. The Hall–Kier alpha value is -2.67. The van der Waals surface area contributed by atoms with Crippen molar-refractivity contribution in [3.05, 3.63) is 59.7 Å². The van der Waals surface area contributed by atoms with E-state index in [0.717, 1.165) is 22.6 Å². The summed E-state index contributed by atoms with van der Waals surface area (Å²) >= 11 is 1.42. The molecule has 31 heavy (non-hydrogen) atoms. The second-order valence-electron chi connectivity index (χ2n) is 8.62. The number of hydrogen-bond acceptors (Lipinski definition) is 5. The van der Waals surface area contributed by atoms with E-state index in [4.69, 9.17) is 14.9 Å². The Morgan fingerprint density at radius 1 is 1.06 bits per heavy atom. The molecule has 6 nitrogen and oxygen atoms in total. The van der Waals surface area contributed by atoms with Crippen molar-refractivity contribution in [2.75, 3.05) is 11.1 Å². The van der Waals surface area contributed by atoms with Gasteiger partial charge in [-0.1, -0.05) is 49.0 Å². The maximum absolute atomic E-state index is 12.5. The molecule has 2 aromatic rings. The van der Waals surface area contributed by atoms with Gasteiger partial charge in [0, 0.05) is 11.3 Å². The van der Waals surface area contributed by atoms with Crippen LogP contribution in [0.25, 0.3) is 0 Å². The number of anilines is 1. The largest absolute Gasteiger partial charge is 0.489 e. The molecule has 0 unspecified atom stereocenters. The minimum atomic E-state index is -0.772. The summed E-state index contributed by atoms with van der Waals surface area (Å²) in [4.78, 5) is 12.5. The lowest BCUT2D eigenvalue weighted by atomic mass is 9.93. The molecule has 0 aliphatic rings. The first kappa shape index (κ1) is 24.6. The van der Waals surface area contributed by atoms with Crippen molar-refractivity contribution in [3.63, 3.8) is 0 Å². The summed E-state index contributed by atoms with van der Waals surface area (Å²) in [5.74, 6) is 1.47. The molecule has 0 heterocycles. The topological polar surface area (TPSA) is 83.4 Å². The average Bonchev–Trinajstić information content (AvgIpc) is 2.66. The Kier molecular flexibility index (Phi) is 8.39. The maximum atomic E-state index is 12.5. The first-order valence-electron chi connectivity index (χ1n) is 10.3. The van der Waals surface area contributed by atoms with Gasteiger partial charge < -0.3 is 20.1 Å². The highest BCUT2D eigenvalue weighted by atomic mass is 32.2. The fraction of sp³-hybridized carbons (Fsp3) is 0.417. The number of nitrogens with one attached hydrogen (secondary N) is 3. The molecule has 0 saturated carbocycles. The van der Waals surface area contributed by atoms with Crippen LogP contribution in [-0.2, 0) is 16.9 Å². The molecule has 0 aliphatic carbocycles. The Morgan fingerprint density at radius 2 is 1.74 bits per heavy atom. The Morgan fingerprint density at radius 3 is 2.35 bits per heavy atom. The summed E-state index contributed by atoms with van der Waals surface area (Å²) < 4.78 is 11.6. The molecule has 0 aliphatic heterocycles. The van der Waals surface area contributed by atoms with Crippen LogP contribution in [0.5, 0.6) is 5.75 Å². The van der Waals surface area contributed by atoms with Crippen molar-refractivity contribution in [2.24, 2.45) is 0 Å². The highest BCUT2D eigenvalue weighted by molar-refractivity contribution is 8.14. The fourth-order valence-corrected chi connectivity index (χ4v) is 3.37. The number of ether oxygens (including phenoxy) is 2. The van der Waals surface area contributed by atoms with Gasteiger partial charge in [-0.25, -0.2) is 4.79 Å². The SMILES string of the molecule is CCSC(=N)Nc1ccc(OCc2ccccc2)c(C(C)(C)NC(=O)OC(C)(C)C)c1. The third-order valence-electron chi connectivity index (χ3n) is 4.25. The van der Waals surface area contributed by atoms with E-state index in [1.807, 2.05) is 90.1 Å². The zero-order valence-corrected chi connectivity index (χ0v) is 20.0. The lowest BCUT2D eigenvalue weighted by molar-refractivity contribution is 0.0469. The summed E-state index contributed by atoms with van der Waals surface area (Å²) in [7, 11) is 0. The predicted molar refractivity (Wildman–Crippen MR) is 129 cm³/mol. The number of carbonyl (C=O) groups is 1. The molecule has 0 radical (unpaired) electrons. The van der Waals surface area contributed by atoms with Gasteiger partial charge in [0.1, 0.15) is 18.0 Å². The lowest BCUT2D eigenvalue weighted by Crippen LogP contribution is -2.44. The normalized spacial score (nSPS) is 11.5. The molecule has 7 heteroatoms. The minimum absolute atomic E-state index is 0.365. The van der Waals surface area contributed by atoms with Gasteiger partial charge in [-0.15, -0.1) is 0 Å². The molecule has 168 valence electrons. The van der Waals surface area contributed by atoms with Gasteiger partial charge in [-0.05, 0) is 64.1 Å². The standard InChI is InChI=1S/C24H33N3O3S/c1-7-31-21(25)26-18-13-14-20(29-16-17-11-9-8-10-12-17)19(15-18)24(5,6)27-22(28)30-23(2,3)4/h8-15H,7,16H2,1-6H3,(H2,25,26)(H,27,28). The van der Waals surface area contributed by atoms with Crippen LogP contribution in [0.4, 0.5) is 10.5 Å². The van der Waals surface area contributed by atoms with E-state index in [1.165, 1.54) is 11.8 Å². The highest BCUT2D eigenvalue weighted by Crippen LogP contribution is 2.33. The van der Waals surface area contributed by atoms with E-state index in [-0.39, 0.29) is 0 Å². The monoisotopic (exact) mass is 443 g/mol. The smallest absolute Gasteiger partial charge is 0.408 e. The van der Waals surface area contributed by atoms with Crippen LogP contribution in [-0.4, -0.2) is 22.6 Å². The molecule has 0 bridgehead atoms. The van der Waals surface area contributed by atoms with Crippen LogP contribution in [0.3, 0.4) is 0 Å². The van der Waals surface area contributed by atoms with Crippen LogP contribution >= 0.6 is 11.8 Å². The van der Waals surface area contributed by atoms with Crippen LogP contribution in [0, 0.1) is 5.41 Å². The summed E-state index contributed by atoms with van der Waals surface area (Å²) in [6.45, 7) is 11.7. The fourth-order valence-electron chi connectivity index (χ4n) is 2.89. The second kappa shape index (κ2) is 10.6. The van der Waals surface area contributed by atoms with Crippen LogP contribution < -0.4 is 15.4 Å². The van der Waals surface area contributed by atoms with Gasteiger partial charge in [0.2, 0.25) is 0 Å². The summed E-state index contributed by atoms with van der Waals surface area (Å²) in [6, 6.07) is 15.6. The number of rotatable bonds is 7. The summed E-state index contributed by atoms with van der Waals surface area (Å²) in [5, 5.41) is 14.4. The third kappa shape index (κ3) is 8.17. The van der Waals surface area contributed by atoms with Gasteiger partial charge in [0.15, 0.2) is 5.17 Å². The number of benzene rings is 2. The van der Waals surface area contributed by atoms with Crippen molar-refractivity contribution < 1.29 is 14.3 Å². The van der Waals surface area contributed by atoms with Gasteiger partial charge in [-0.3, -0.25) is 5.41 Å². The molecule has 1 amide bonds. The van der Waals surface area contributed by atoms with Gasteiger partial charge in [-0.2, -0.15) is 0 Å². The zero-order chi connectivity index (χ0) is 23.1. The molecular weight excluding hydrogens is 410 g/mol. The van der Waals surface area contributed by atoms with Crippen molar-refractivity contribution in [1.82, 2.24) is 5.32 Å². The van der Waals surface area contributed by atoms with E-state index in [9.17, 15) is 4.79 Å². The predicted octanol–water partition coefficient (Wildman–Crippen LogP) is 6.13. The number of alkyl carbamates (subject to hydrolysis) is 1.